The van der Waals surface area contributed by atoms with Gasteiger partial charge in [-0.25, -0.2) is 0 Å². The molecule has 0 aromatic heterocycles. The van der Waals surface area contributed by atoms with Gasteiger partial charge in [0.25, 0.3) is 0 Å². The van der Waals surface area contributed by atoms with Gasteiger partial charge in [0.1, 0.15) is 0 Å². The van der Waals surface area contributed by atoms with Crippen LogP contribution in [0.3, 0.4) is 0 Å². The summed E-state index contributed by atoms with van der Waals surface area (Å²) in [6, 6.07) is 2.17. The van der Waals surface area contributed by atoms with Crippen molar-refractivity contribution in [2.75, 3.05) is 6.26 Å². The average molecular weight is 196 g/mol. The zero-order valence-corrected chi connectivity index (χ0v) is 8.57. The Labute approximate surface area is 82.2 Å². The molecule has 1 N–H and O–H groups in total. The molecule has 0 saturated heterocycles. The number of nitrogens with one attached hydrogen (secondary N) is 1. The zero-order valence-electron chi connectivity index (χ0n) is 7.76. The Balaban J connectivity index is 3.00. The minimum atomic E-state index is 0.0233. The fourth-order valence-electron chi connectivity index (χ4n) is 1.41. The van der Waals surface area contributed by atoms with Gasteiger partial charge >= 0.3 is 0 Å². The quantitative estimate of drug-likeness (QED) is 0.730. The molecule has 0 spiro atoms. The third-order valence-corrected chi connectivity index (χ3v) is 2.89. The lowest BCUT2D eigenvalue weighted by atomic mass is 9.92. The molecule has 1 rings (SSSR count). The highest BCUT2D eigenvalue weighted by molar-refractivity contribution is 8.02. The number of hydrogen-bond donors (Lipinski definition) is 1. The molecule has 1 aliphatic heterocycles. The highest BCUT2D eigenvalue weighted by Gasteiger charge is 2.25. The molecule has 1 atom stereocenters. The highest BCUT2D eigenvalue weighted by Crippen LogP contribution is 2.29. The predicted molar refractivity (Wildman–Crippen MR) is 52.7 cm³/mol. The number of nitriles is 1. The van der Waals surface area contributed by atoms with Crippen LogP contribution in [0.1, 0.15) is 19.8 Å². The van der Waals surface area contributed by atoms with E-state index in [0.717, 1.165) is 17.0 Å². The summed E-state index contributed by atoms with van der Waals surface area (Å²) in [5.41, 5.74) is 0.731. The molecule has 0 saturated carbocycles. The van der Waals surface area contributed by atoms with Crippen LogP contribution in [0, 0.1) is 17.2 Å². The number of allylic oxidation sites excluding steroid dienone is 1. The van der Waals surface area contributed by atoms with Crippen LogP contribution < -0.4 is 5.32 Å². The lowest BCUT2D eigenvalue weighted by Crippen LogP contribution is -2.31. The number of carbonyl (C=O) groups excluding carboxylic acids is 1. The minimum Gasteiger partial charge on any atom is -0.320 e. The Bertz CT molecular complexity index is 290. The molecule has 3 nitrogen and oxygen atoms in total. The minimum absolute atomic E-state index is 0.0233. The molecule has 4 heteroatoms. The maximum atomic E-state index is 11.2. The van der Waals surface area contributed by atoms with Crippen molar-refractivity contribution in [1.29, 1.82) is 5.26 Å². The van der Waals surface area contributed by atoms with Crippen LogP contribution in [0.2, 0.25) is 0 Å². The molecular weight excluding hydrogens is 184 g/mol. The first kappa shape index (κ1) is 10.1. The van der Waals surface area contributed by atoms with Crippen molar-refractivity contribution in [2.45, 2.75) is 19.8 Å². The summed E-state index contributed by atoms with van der Waals surface area (Å²) in [5.74, 6) is 0.136. The molecule has 13 heavy (non-hydrogen) atoms. The molecular formula is C9H12N2OS. The first-order valence-electron chi connectivity index (χ1n) is 4.21. The summed E-state index contributed by atoms with van der Waals surface area (Å²) in [6.07, 6.45) is 3.16. The summed E-state index contributed by atoms with van der Waals surface area (Å²) >= 11 is 1.43. The van der Waals surface area contributed by atoms with Crippen molar-refractivity contribution in [1.82, 2.24) is 5.32 Å². The Morgan fingerprint density at radius 1 is 1.77 bits per heavy atom. The van der Waals surface area contributed by atoms with Crippen LogP contribution in [0.15, 0.2) is 10.6 Å². The summed E-state index contributed by atoms with van der Waals surface area (Å²) in [7, 11) is 0. The summed E-state index contributed by atoms with van der Waals surface area (Å²) in [4.78, 5) is 11.2. The smallest absolute Gasteiger partial charge is 0.225 e. The first-order valence-corrected chi connectivity index (χ1v) is 5.43. The summed E-state index contributed by atoms with van der Waals surface area (Å²) in [5, 5.41) is 12.3. The second-order valence-corrected chi connectivity index (χ2v) is 3.73. The predicted octanol–water partition coefficient (Wildman–Crippen LogP) is 1.63. The summed E-state index contributed by atoms with van der Waals surface area (Å²) < 4.78 is 0. The maximum Gasteiger partial charge on any atom is 0.225 e. The highest BCUT2D eigenvalue weighted by atomic mass is 32.2. The van der Waals surface area contributed by atoms with E-state index in [4.69, 9.17) is 5.26 Å². The fourth-order valence-corrected chi connectivity index (χ4v) is 2.06. The van der Waals surface area contributed by atoms with Crippen molar-refractivity contribution < 1.29 is 4.79 Å². The van der Waals surface area contributed by atoms with E-state index in [1.807, 2.05) is 13.2 Å². The average Bonchev–Trinajstić information content (AvgIpc) is 2.16. The van der Waals surface area contributed by atoms with Gasteiger partial charge in [-0.3, -0.25) is 4.79 Å². The van der Waals surface area contributed by atoms with E-state index >= 15 is 0 Å². The van der Waals surface area contributed by atoms with Crippen LogP contribution in [-0.4, -0.2) is 12.2 Å². The molecule has 0 aromatic rings. The monoisotopic (exact) mass is 196 g/mol. The van der Waals surface area contributed by atoms with Crippen molar-refractivity contribution in [3.8, 4) is 6.07 Å². The lowest BCUT2D eigenvalue weighted by Gasteiger charge is -2.22. The van der Waals surface area contributed by atoms with Gasteiger partial charge in [0.2, 0.25) is 5.91 Å². The zero-order chi connectivity index (χ0) is 9.84. The topological polar surface area (TPSA) is 52.9 Å². The first-order chi connectivity index (χ1) is 6.22. The van der Waals surface area contributed by atoms with Gasteiger partial charge in [-0.05, 0) is 12.7 Å². The molecule has 0 bridgehead atoms. The standard InChI is InChI=1S/C9H12N2OS/c1-3-6-4-8(12)11-9(13-2)7(6)5-10/h6H,3-4H2,1-2H3,(H,11,12)/t6-/m0/s1. The van der Waals surface area contributed by atoms with E-state index in [-0.39, 0.29) is 11.8 Å². The Morgan fingerprint density at radius 2 is 2.46 bits per heavy atom. The van der Waals surface area contributed by atoms with Crippen molar-refractivity contribution in [3.05, 3.63) is 10.6 Å². The van der Waals surface area contributed by atoms with Crippen LogP contribution >= 0.6 is 11.8 Å². The molecule has 1 amide bonds. The van der Waals surface area contributed by atoms with E-state index in [2.05, 4.69) is 11.4 Å². The Morgan fingerprint density at radius 3 is 2.92 bits per heavy atom. The number of carbonyl (C=O) groups is 1. The lowest BCUT2D eigenvalue weighted by molar-refractivity contribution is -0.121. The maximum absolute atomic E-state index is 11.2. The van der Waals surface area contributed by atoms with Crippen LogP contribution in [-0.2, 0) is 4.79 Å². The van der Waals surface area contributed by atoms with Gasteiger partial charge in [0, 0.05) is 12.3 Å². The molecule has 0 aliphatic carbocycles. The normalized spacial score (nSPS) is 22.5. The van der Waals surface area contributed by atoms with Crippen molar-refractivity contribution in [2.24, 2.45) is 5.92 Å². The molecule has 0 fully saturated rings. The van der Waals surface area contributed by atoms with E-state index in [1.54, 1.807) is 0 Å². The molecule has 0 radical (unpaired) electrons. The second-order valence-electron chi connectivity index (χ2n) is 2.92. The molecule has 1 aliphatic rings. The Hall–Kier alpha value is -0.950. The van der Waals surface area contributed by atoms with Crippen LogP contribution in [0.25, 0.3) is 0 Å². The molecule has 0 aromatic carbocycles. The van der Waals surface area contributed by atoms with Crippen molar-refractivity contribution >= 4 is 17.7 Å². The van der Waals surface area contributed by atoms with Crippen LogP contribution in [0.5, 0.6) is 0 Å². The number of amides is 1. The largest absolute Gasteiger partial charge is 0.320 e. The van der Waals surface area contributed by atoms with Gasteiger partial charge in [-0.15, -0.1) is 11.8 Å². The fraction of sp³-hybridized carbons (Fsp3) is 0.556. The number of thioether (sulfide) groups is 1. The van der Waals surface area contributed by atoms with E-state index < -0.39 is 0 Å². The van der Waals surface area contributed by atoms with Gasteiger partial charge < -0.3 is 5.32 Å². The third-order valence-electron chi connectivity index (χ3n) is 2.15. The number of hydrogen-bond acceptors (Lipinski definition) is 3. The van der Waals surface area contributed by atoms with Crippen LogP contribution in [0.4, 0.5) is 0 Å². The van der Waals surface area contributed by atoms with Gasteiger partial charge in [-0.2, -0.15) is 5.26 Å². The van der Waals surface area contributed by atoms with Crippen molar-refractivity contribution in [3.63, 3.8) is 0 Å². The Kier molecular flexibility index (Phi) is 3.38. The third kappa shape index (κ3) is 2.04. The van der Waals surface area contributed by atoms with Gasteiger partial charge in [-0.1, -0.05) is 6.92 Å². The SMILES string of the molecule is CC[C@H]1CC(=O)NC(SC)=C1C#N. The van der Waals surface area contributed by atoms with Gasteiger partial charge in [0.15, 0.2) is 0 Å². The summed E-state index contributed by atoms with van der Waals surface area (Å²) in [6.45, 7) is 2.00. The molecule has 0 unspecified atom stereocenters. The van der Waals surface area contributed by atoms with E-state index in [1.165, 1.54) is 11.8 Å². The van der Waals surface area contributed by atoms with Gasteiger partial charge in [0.05, 0.1) is 16.7 Å². The number of rotatable bonds is 2. The van der Waals surface area contributed by atoms with E-state index in [0.29, 0.717) is 6.42 Å². The molecule has 1 heterocycles. The molecule has 70 valence electrons. The number of nitrogens with zero attached hydrogens (tertiary/aromatic N) is 1. The van der Waals surface area contributed by atoms with E-state index in [9.17, 15) is 4.79 Å². The second kappa shape index (κ2) is 4.33.